The van der Waals surface area contributed by atoms with Crippen LogP contribution < -0.4 is 0 Å². The number of amides is 1. The van der Waals surface area contributed by atoms with Gasteiger partial charge in [0.15, 0.2) is 0 Å². The second-order valence-electron chi connectivity index (χ2n) is 5.17. The molecule has 0 aromatic carbocycles. The zero-order chi connectivity index (χ0) is 14.8. The van der Waals surface area contributed by atoms with Crippen molar-refractivity contribution in [2.75, 3.05) is 13.1 Å². The van der Waals surface area contributed by atoms with Crippen LogP contribution in [0.1, 0.15) is 54.4 Å². The summed E-state index contributed by atoms with van der Waals surface area (Å²) in [5.41, 5.74) is -0.377. The quantitative estimate of drug-likeness (QED) is 0.669. The lowest BCUT2D eigenvalue weighted by molar-refractivity contribution is -0.0980. The van der Waals surface area contributed by atoms with Crippen molar-refractivity contribution in [2.45, 2.75) is 60.0 Å². The number of likely N-dealkylation sites (tertiary alicyclic amines) is 1. The molecular weight excluding hydrogens is 230 g/mol. The molecule has 1 amide bonds. The highest BCUT2D eigenvalue weighted by atomic mass is 16.6. The first kappa shape index (κ1) is 19.3. The molecule has 0 aromatic rings. The van der Waals surface area contributed by atoms with Gasteiger partial charge in [-0.15, -0.1) is 0 Å². The van der Waals surface area contributed by atoms with Gasteiger partial charge in [0, 0.05) is 13.1 Å². The fourth-order valence-corrected chi connectivity index (χ4v) is 1.68. The lowest BCUT2D eigenvalue weighted by atomic mass is 10.0. The Kier molecular flexibility index (Phi) is 10.6. The fourth-order valence-electron chi connectivity index (χ4n) is 1.68. The van der Waals surface area contributed by atoms with E-state index >= 15 is 0 Å². The van der Waals surface area contributed by atoms with E-state index in [1.807, 2.05) is 46.3 Å². The number of hydrogen-bond donors (Lipinski definition) is 0. The largest absolute Gasteiger partial charge is 0.444 e. The first-order valence-electron chi connectivity index (χ1n) is 6.65. The maximum Gasteiger partial charge on any atom is 0.410 e. The van der Waals surface area contributed by atoms with E-state index in [4.69, 9.17) is 9.53 Å². The summed E-state index contributed by atoms with van der Waals surface area (Å²) in [6, 6.07) is 0. The molecule has 1 aliphatic rings. The van der Waals surface area contributed by atoms with E-state index in [1.165, 1.54) is 6.42 Å². The molecule has 4 nitrogen and oxygen atoms in total. The number of ether oxygens (including phenoxy) is 1. The van der Waals surface area contributed by atoms with Crippen LogP contribution in [0.15, 0.2) is 0 Å². The lowest BCUT2D eigenvalue weighted by Gasteiger charge is -2.32. The predicted octanol–water partition coefficient (Wildman–Crippen LogP) is 3.49. The van der Waals surface area contributed by atoms with Gasteiger partial charge in [0.2, 0.25) is 0 Å². The van der Waals surface area contributed by atoms with Crippen LogP contribution in [0.4, 0.5) is 4.79 Å². The summed E-state index contributed by atoms with van der Waals surface area (Å²) >= 11 is 0. The zero-order valence-electron chi connectivity index (χ0n) is 12.8. The van der Waals surface area contributed by atoms with Crippen LogP contribution in [0.3, 0.4) is 0 Å². The second-order valence-corrected chi connectivity index (χ2v) is 5.17. The summed E-state index contributed by atoms with van der Waals surface area (Å²) in [7, 11) is 0. The third kappa shape index (κ3) is 9.02. The smallest absolute Gasteiger partial charge is 0.410 e. The van der Waals surface area contributed by atoms with Gasteiger partial charge in [-0.05, 0) is 39.5 Å². The molecule has 4 heteroatoms. The maximum atomic E-state index is 11.7. The molecule has 1 unspecified atom stereocenters. The molecule has 0 N–H and O–H groups in total. The molecule has 1 rings (SSSR count). The van der Waals surface area contributed by atoms with E-state index < -0.39 is 0 Å². The van der Waals surface area contributed by atoms with Crippen molar-refractivity contribution in [3.05, 3.63) is 0 Å². The Morgan fingerprint density at radius 2 is 1.78 bits per heavy atom. The Morgan fingerprint density at radius 1 is 1.28 bits per heavy atom. The summed E-state index contributed by atoms with van der Waals surface area (Å²) in [6.45, 7) is 15.6. The van der Waals surface area contributed by atoms with Crippen molar-refractivity contribution < 1.29 is 14.3 Å². The summed E-state index contributed by atoms with van der Waals surface area (Å²) in [5, 5.41) is 0. The molecule has 18 heavy (non-hydrogen) atoms. The predicted molar refractivity (Wildman–Crippen MR) is 74.7 cm³/mol. The molecule has 1 fully saturated rings. The van der Waals surface area contributed by atoms with Crippen molar-refractivity contribution in [3.8, 4) is 0 Å². The summed E-state index contributed by atoms with van der Waals surface area (Å²) in [6.07, 6.45) is 2.16. The molecular formula is C14H29NO3. The molecule has 0 saturated carbocycles. The highest BCUT2D eigenvalue weighted by Gasteiger charge is 2.25. The molecule has 0 radical (unpaired) electrons. The minimum Gasteiger partial charge on any atom is -0.444 e. The summed E-state index contributed by atoms with van der Waals surface area (Å²) in [4.78, 5) is 21.5. The third-order valence-corrected chi connectivity index (χ3v) is 2.31. The maximum absolute atomic E-state index is 11.7. The SMILES string of the molecule is C=O.CC.CC1CCCN(C(=O)OC(C)(C)C)C1. The van der Waals surface area contributed by atoms with Gasteiger partial charge in [0.05, 0.1) is 0 Å². The van der Waals surface area contributed by atoms with Crippen molar-refractivity contribution in [2.24, 2.45) is 5.92 Å². The fraction of sp³-hybridized carbons (Fsp3) is 0.857. The highest BCUT2D eigenvalue weighted by Crippen LogP contribution is 2.18. The Bertz CT molecular complexity index is 224. The summed E-state index contributed by atoms with van der Waals surface area (Å²) < 4.78 is 5.31. The third-order valence-electron chi connectivity index (χ3n) is 2.31. The highest BCUT2D eigenvalue weighted by molar-refractivity contribution is 5.68. The number of piperidine rings is 1. The minimum absolute atomic E-state index is 0.163. The van der Waals surface area contributed by atoms with Gasteiger partial charge in [0.1, 0.15) is 12.4 Å². The zero-order valence-corrected chi connectivity index (χ0v) is 12.8. The first-order valence-corrected chi connectivity index (χ1v) is 6.65. The van der Waals surface area contributed by atoms with Crippen LogP contribution in [-0.4, -0.2) is 36.5 Å². The molecule has 1 heterocycles. The van der Waals surface area contributed by atoms with E-state index in [1.54, 1.807) is 0 Å². The van der Waals surface area contributed by atoms with Crippen LogP contribution in [0.25, 0.3) is 0 Å². The number of carbonyl (C=O) groups is 2. The Morgan fingerprint density at radius 3 is 2.17 bits per heavy atom. The van der Waals surface area contributed by atoms with Gasteiger partial charge in [-0.25, -0.2) is 4.79 Å². The van der Waals surface area contributed by atoms with E-state index in [0.29, 0.717) is 5.92 Å². The first-order chi connectivity index (χ1) is 8.38. The van der Waals surface area contributed by atoms with Crippen molar-refractivity contribution in [1.29, 1.82) is 0 Å². The van der Waals surface area contributed by atoms with Gasteiger partial charge >= 0.3 is 6.09 Å². The van der Waals surface area contributed by atoms with E-state index in [-0.39, 0.29) is 11.7 Å². The average Bonchev–Trinajstić information content (AvgIpc) is 2.32. The van der Waals surface area contributed by atoms with Gasteiger partial charge in [-0.1, -0.05) is 20.8 Å². The molecule has 0 aromatic heterocycles. The van der Waals surface area contributed by atoms with E-state index in [9.17, 15) is 4.79 Å². The van der Waals surface area contributed by atoms with Crippen molar-refractivity contribution in [1.82, 2.24) is 4.90 Å². The number of rotatable bonds is 0. The topological polar surface area (TPSA) is 46.6 Å². The second kappa shape index (κ2) is 9.92. The lowest BCUT2D eigenvalue weighted by Crippen LogP contribution is -2.42. The van der Waals surface area contributed by atoms with Crippen molar-refractivity contribution in [3.63, 3.8) is 0 Å². The molecule has 0 spiro atoms. The van der Waals surface area contributed by atoms with Crippen LogP contribution in [0.2, 0.25) is 0 Å². The Hall–Kier alpha value is -1.06. The normalized spacial score (nSPS) is 18.8. The number of nitrogens with zero attached hydrogens (tertiary/aromatic N) is 1. The van der Waals surface area contributed by atoms with Crippen molar-refractivity contribution >= 4 is 12.9 Å². The number of carbonyl (C=O) groups excluding carboxylic acids is 2. The molecule has 1 saturated heterocycles. The van der Waals surface area contributed by atoms with Crippen LogP contribution >= 0.6 is 0 Å². The molecule has 108 valence electrons. The minimum atomic E-state index is -0.377. The monoisotopic (exact) mass is 259 g/mol. The number of hydrogen-bond acceptors (Lipinski definition) is 3. The Labute approximate surface area is 112 Å². The summed E-state index contributed by atoms with van der Waals surface area (Å²) in [5.74, 6) is 0.608. The van der Waals surface area contributed by atoms with Gasteiger partial charge < -0.3 is 14.4 Å². The van der Waals surface area contributed by atoms with Gasteiger partial charge in [0.25, 0.3) is 0 Å². The van der Waals surface area contributed by atoms with Crippen LogP contribution in [-0.2, 0) is 9.53 Å². The van der Waals surface area contributed by atoms with Gasteiger partial charge in [-0.3, -0.25) is 0 Å². The van der Waals surface area contributed by atoms with E-state index in [0.717, 1.165) is 19.5 Å². The Balaban J connectivity index is 0. The molecule has 1 aliphatic heterocycles. The molecule has 1 atom stereocenters. The molecule has 0 aliphatic carbocycles. The van der Waals surface area contributed by atoms with Crippen LogP contribution in [0, 0.1) is 5.92 Å². The molecule has 0 bridgehead atoms. The average molecular weight is 259 g/mol. The van der Waals surface area contributed by atoms with Gasteiger partial charge in [-0.2, -0.15) is 0 Å². The van der Waals surface area contributed by atoms with Crippen LogP contribution in [0.5, 0.6) is 0 Å². The standard InChI is InChI=1S/C11H21NO2.C2H6.CH2O/c1-9-6-5-7-12(8-9)10(13)14-11(2,3)4;2*1-2/h9H,5-8H2,1-4H3;1-2H3;1H2. The van der Waals surface area contributed by atoms with E-state index in [2.05, 4.69) is 6.92 Å².